The Morgan fingerprint density at radius 1 is 1.67 bits per heavy atom. The summed E-state index contributed by atoms with van der Waals surface area (Å²) in [7, 11) is 1.28. The molecule has 6 heteroatoms. The number of nitrogens with one attached hydrogen (secondary N) is 1. The van der Waals surface area contributed by atoms with Crippen molar-refractivity contribution in [3.8, 4) is 0 Å². The normalized spacial score (nSPS) is 10.5. The molecular weight excluding hydrogens is 218 g/mol. The van der Waals surface area contributed by atoms with Gasteiger partial charge in [0.2, 0.25) is 0 Å². The maximum Gasteiger partial charge on any atom is 0.340 e. The van der Waals surface area contributed by atoms with E-state index in [1.165, 1.54) is 13.4 Å². The summed E-state index contributed by atoms with van der Waals surface area (Å²) in [5.74, 6) is -0.522. The molecule has 0 unspecified atom stereocenters. The summed E-state index contributed by atoms with van der Waals surface area (Å²) in [5, 5.41) is 0.258. The van der Waals surface area contributed by atoms with Crippen LogP contribution in [0.15, 0.2) is 12.4 Å². The molecule has 2 aromatic rings. The maximum atomic E-state index is 11.4. The minimum atomic E-state index is -0.522. The van der Waals surface area contributed by atoms with Gasteiger partial charge in [0.1, 0.15) is 5.52 Å². The maximum absolute atomic E-state index is 11.4. The fourth-order valence-corrected chi connectivity index (χ4v) is 1.59. The van der Waals surface area contributed by atoms with Crippen molar-refractivity contribution in [1.29, 1.82) is 0 Å². The van der Waals surface area contributed by atoms with Crippen LogP contribution in [0.3, 0.4) is 0 Å². The Morgan fingerprint density at radius 3 is 3.07 bits per heavy atom. The molecule has 78 valence electrons. The van der Waals surface area contributed by atoms with Gasteiger partial charge in [-0.1, -0.05) is 11.6 Å². The van der Waals surface area contributed by atoms with Gasteiger partial charge >= 0.3 is 5.97 Å². The number of nitrogens with two attached hydrogens (primary N) is 1. The van der Waals surface area contributed by atoms with Gasteiger partial charge in [0.05, 0.1) is 35.2 Å². The summed E-state index contributed by atoms with van der Waals surface area (Å²) in [4.78, 5) is 18.2. The van der Waals surface area contributed by atoms with E-state index in [2.05, 4.69) is 14.7 Å². The van der Waals surface area contributed by atoms with Crippen LogP contribution < -0.4 is 5.73 Å². The fraction of sp³-hybridized carbons (Fsp3) is 0.111. The third-order valence-electron chi connectivity index (χ3n) is 2.10. The molecule has 0 saturated carbocycles. The largest absolute Gasteiger partial charge is 0.465 e. The Morgan fingerprint density at radius 2 is 2.40 bits per heavy atom. The standard InChI is InChI=1S/C9H8ClN3O2/c1-15-9(14)4-2-5-8(13-3-12-5)6(10)7(4)11/h2-3H,11H2,1H3,(H,12,13). The van der Waals surface area contributed by atoms with Crippen molar-refractivity contribution in [1.82, 2.24) is 9.97 Å². The zero-order chi connectivity index (χ0) is 11.0. The number of ether oxygens (including phenoxy) is 1. The molecule has 2 rings (SSSR count). The summed E-state index contributed by atoms with van der Waals surface area (Å²) in [6.45, 7) is 0. The molecule has 0 saturated heterocycles. The van der Waals surface area contributed by atoms with Crippen LogP contribution in [0.4, 0.5) is 5.69 Å². The van der Waals surface area contributed by atoms with Crippen LogP contribution in [0, 0.1) is 0 Å². The summed E-state index contributed by atoms with van der Waals surface area (Å²) in [6, 6.07) is 1.56. The van der Waals surface area contributed by atoms with Crippen molar-refractivity contribution in [2.75, 3.05) is 12.8 Å². The molecule has 0 aliphatic carbocycles. The van der Waals surface area contributed by atoms with Gasteiger partial charge in [-0.25, -0.2) is 9.78 Å². The van der Waals surface area contributed by atoms with Crippen molar-refractivity contribution in [3.05, 3.63) is 23.0 Å². The zero-order valence-electron chi connectivity index (χ0n) is 7.87. The highest BCUT2D eigenvalue weighted by atomic mass is 35.5. The number of fused-ring (bicyclic) bond motifs is 1. The van der Waals surface area contributed by atoms with E-state index in [4.69, 9.17) is 17.3 Å². The number of methoxy groups -OCH3 is 1. The predicted octanol–water partition coefficient (Wildman–Crippen LogP) is 1.59. The number of hydrogen-bond acceptors (Lipinski definition) is 4. The lowest BCUT2D eigenvalue weighted by Gasteiger charge is -2.05. The molecule has 0 atom stereocenters. The Balaban J connectivity index is 2.75. The van der Waals surface area contributed by atoms with Gasteiger partial charge in [-0.3, -0.25) is 0 Å². The number of aromatic nitrogens is 2. The molecule has 0 aliphatic rings. The van der Waals surface area contributed by atoms with Gasteiger partial charge in [-0.15, -0.1) is 0 Å². The first-order valence-corrected chi connectivity index (χ1v) is 4.52. The van der Waals surface area contributed by atoms with E-state index in [0.29, 0.717) is 11.0 Å². The van der Waals surface area contributed by atoms with Crippen molar-refractivity contribution < 1.29 is 9.53 Å². The first-order chi connectivity index (χ1) is 7.15. The van der Waals surface area contributed by atoms with Crippen molar-refractivity contribution in [2.45, 2.75) is 0 Å². The van der Waals surface area contributed by atoms with Crippen LogP contribution in [0.5, 0.6) is 0 Å². The Labute approximate surface area is 90.2 Å². The van der Waals surface area contributed by atoms with Crippen molar-refractivity contribution in [2.24, 2.45) is 0 Å². The van der Waals surface area contributed by atoms with E-state index in [1.807, 2.05) is 0 Å². The van der Waals surface area contributed by atoms with Crippen LogP contribution >= 0.6 is 11.6 Å². The smallest absolute Gasteiger partial charge is 0.340 e. The number of imidazole rings is 1. The van der Waals surface area contributed by atoms with Gasteiger partial charge in [-0.2, -0.15) is 0 Å². The lowest BCUT2D eigenvalue weighted by Crippen LogP contribution is -2.06. The molecule has 0 aliphatic heterocycles. The number of benzene rings is 1. The molecule has 1 aromatic carbocycles. The molecule has 0 radical (unpaired) electrons. The molecule has 15 heavy (non-hydrogen) atoms. The molecule has 1 aromatic heterocycles. The Bertz CT molecular complexity index is 535. The second kappa shape index (κ2) is 3.43. The van der Waals surface area contributed by atoms with Crippen LogP contribution in [0.2, 0.25) is 5.02 Å². The van der Waals surface area contributed by atoms with E-state index in [-0.39, 0.29) is 16.3 Å². The second-order valence-electron chi connectivity index (χ2n) is 2.94. The number of nitrogen functional groups attached to an aromatic ring is 1. The van der Waals surface area contributed by atoms with Gasteiger partial charge < -0.3 is 15.5 Å². The van der Waals surface area contributed by atoms with E-state index < -0.39 is 5.97 Å². The Hall–Kier alpha value is -1.75. The predicted molar refractivity (Wildman–Crippen MR) is 56.9 cm³/mol. The topological polar surface area (TPSA) is 81.0 Å². The second-order valence-corrected chi connectivity index (χ2v) is 3.32. The van der Waals surface area contributed by atoms with Gasteiger partial charge in [0, 0.05) is 0 Å². The third-order valence-corrected chi connectivity index (χ3v) is 2.48. The fourth-order valence-electron chi connectivity index (χ4n) is 1.34. The molecule has 1 heterocycles. The quantitative estimate of drug-likeness (QED) is 0.570. The molecule has 5 nitrogen and oxygen atoms in total. The van der Waals surface area contributed by atoms with Gasteiger partial charge in [0.25, 0.3) is 0 Å². The highest BCUT2D eigenvalue weighted by Crippen LogP contribution is 2.30. The number of esters is 1. The van der Waals surface area contributed by atoms with E-state index in [9.17, 15) is 4.79 Å². The summed E-state index contributed by atoms with van der Waals surface area (Å²) >= 11 is 5.96. The van der Waals surface area contributed by atoms with Gasteiger partial charge in [0.15, 0.2) is 0 Å². The number of rotatable bonds is 1. The zero-order valence-corrected chi connectivity index (χ0v) is 8.63. The molecule has 0 bridgehead atoms. The highest BCUT2D eigenvalue weighted by molar-refractivity contribution is 6.38. The van der Waals surface area contributed by atoms with Crippen LogP contribution in [0.1, 0.15) is 10.4 Å². The number of carbonyl (C=O) groups is 1. The number of carbonyl (C=O) groups excluding carboxylic acids is 1. The number of H-pyrrole nitrogens is 1. The van der Waals surface area contributed by atoms with Gasteiger partial charge in [-0.05, 0) is 6.07 Å². The lowest BCUT2D eigenvalue weighted by molar-refractivity contribution is 0.0602. The molecular formula is C9H8ClN3O2. The average molecular weight is 226 g/mol. The van der Waals surface area contributed by atoms with Crippen LogP contribution in [0.25, 0.3) is 11.0 Å². The molecule has 0 amide bonds. The van der Waals surface area contributed by atoms with Crippen molar-refractivity contribution >= 4 is 34.3 Å². The summed E-state index contributed by atoms with van der Waals surface area (Å²) in [6.07, 6.45) is 1.48. The SMILES string of the molecule is COC(=O)c1cc2[nH]cnc2c(Cl)c1N. The van der Waals surface area contributed by atoms with E-state index in [1.54, 1.807) is 6.07 Å². The first-order valence-electron chi connectivity index (χ1n) is 4.14. The average Bonchev–Trinajstić information content (AvgIpc) is 2.70. The number of hydrogen-bond donors (Lipinski definition) is 2. The van der Waals surface area contributed by atoms with Crippen LogP contribution in [-0.2, 0) is 4.74 Å². The third kappa shape index (κ3) is 1.41. The minimum absolute atomic E-state index is 0.183. The number of aromatic amines is 1. The number of anilines is 1. The van der Waals surface area contributed by atoms with Crippen molar-refractivity contribution in [3.63, 3.8) is 0 Å². The van der Waals surface area contributed by atoms with E-state index in [0.717, 1.165) is 0 Å². The van der Waals surface area contributed by atoms with Crippen LogP contribution in [-0.4, -0.2) is 23.0 Å². The van der Waals surface area contributed by atoms with E-state index >= 15 is 0 Å². The molecule has 0 fully saturated rings. The highest BCUT2D eigenvalue weighted by Gasteiger charge is 2.16. The minimum Gasteiger partial charge on any atom is -0.465 e. The Kier molecular flexibility index (Phi) is 2.24. The molecule has 0 spiro atoms. The number of halogens is 1. The first kappa shape index (κ1) is 9.79. The monoisotopic (exact) mass is 225 g/mol. The number of nitrogens with zero attached hydrogens (tertiary/aromatic N) is 1. The summed E-state index contributed by atoms with van der Waals surface area (Å²) < 4.78 is 4.59. The lowest BCUT2D eigenvalue weighted by atomic mass is 10.1. The summed E-state index contributed by atoms with van der Waals surface area (Å²) in [5.41, 5.74) is 7.31. The molecule has 3 N–H and O–H groups in total.